The van der Waals surface area contributed by atoms with E-state index in [1.807, 2.05) is 19.1 Å². The fraction of sp³-hybridized carbons (Fsp3) is 0.278. The molecule has 0 spiro atoms. The van der Waals surface area contributed by atoms with Crippen LogP contribution in [0.15, 0.2) is 48.5 Å². The van der Waals surface area contributed by atoms with Gasteiger partial charge in [-0.25, -0.2) is 0 Å². The average Bonchev–Trinajstić information content (AvgIpc) is 2.51. The van der Waals surface area contributed by atoms with Gasteiger partial charge in [-0.1, -0.05) is 48.5 Å². The monoisotopic (exact) mass is 281 g/mol. The molecule has 3 nitrogen and oxygen atoms in total. The molecule has 0 saturated heterocycles. The Hall–Kier alpha value is -2.13. The number of rotatable bonds is 4. The second-order valence-electron chi connectivity index (χ2n) is 5.19. The van der Waals surface area contributed by atoms with Gasteiger partial charge in [-0.15, -0.1) is 0 Å². The molecule has 0 radical (unpaired) electrons. The predicted molar refractivity (Wildman–Crippen MR) is 82.2 cm³/mol. The smallest absolute Gasteiger partial charge is 0.319 e. The van der Waals surface area contributed by atoms with E-state index < -0.39 is 0 Å². The van der Waals surface area contributed by atoms with Crippen molar-refractivity contribution in [1.82, 2.24) is 5.32 Å². The first-order valence-corrected chi connectivity index (χ1v) is 7.34. The van der Waals surface area contributed by atoms with Crippen molar-refractivity contribution in [2.75, 3.05) is 13.2 Å². The normalized spacial score (nSPS) is 13.4. The van der Waals surface area contributed by atoms with E-state index in [1.54, 1.807) is 0 Å². The maximum atomic E-state index is 11.6. The standard InChI is InChI=1S/C18H19NO2/c1-2-21-17(20)12-19-18-15-9-5-3-7-13(15)11-14-8-4-6-10-16(14)18/h3-10,18-19H,2,11-12H2,1H3. The van der Waals surface area contributed by atoms with Crippen molar-refractivity contribution in [2.24, 2.45) is 0 Å². The highest BCUT2D eigenvalue weighted by Crippen LogP contribution is 2.34. The van der Waals surface area contributed by atoms with Gasteiger partial charge in [0.25, 0.3) is 0 Å². The lowest BCUT2D eigenvalue weighted by Crippen LogP contribution is -2.32. The van der Waals surface area contributed by atoms with Crippen LogP contribution in [0.1, 0.15) is 35.2 Å². The molecule has 0 aromatic heterocycles. The number of nitrogens with one attached hydrogen (secondary N) is 1. The molecule has 0 bridgehead atoms. The topological polar surface area (TPSA) is 38.3 Å². The summed E-state index contributed by atoms with van der Waals surface area (Å²) in [7, 11) is 0. The van der Waals surface area contributed by atoms with Crippen LogP contribution in [0, 0.1) is 0 Å². The maximum Gasteiger partial charge on any atom is 0.319 e. The molecule has 1 aliphatic carbocycles. The molecule has 108 valence electrons. The molecule has 2 aromatic rings. The highest BCUT2D eigenvalue weighted by Gasteiger charge is 2.25. The summed E-state index contributed by atoms with van der Waals surface area (Å²) < 4.78 is 5.01. The van der Waals surface area contributed by atoms with E-state index in [0.29, 0.717) is 6.61 Å². The molecule has 0 heterocycles. The van der Waals surface area contributed by atoms with Gasteiger partial charge in [-0.05, 0) is 35.6 Å². The Morgan fingerprint density at radius 3 is 2.24 bits per heavy atom. The second kappa shape index (κ2) is 6.10. The first kappa shape index (κ1) is 13.8. The van der Waals surface area contributed by atoms with Crippen LogP contribution < -0.4 is 5.32 Å². The third kappa shape index (κ3) is 2.83. The van der Waals surface area contributed by atoms with Crippen LogP contribution in [-0.4, -0.2) is 19.1 Å². The number of carbonyl (C=O) groups excluding carboxylic acids is 1. The van der Waals surface area contributed by atoms with E-state index in [4.69, 9.17) is 4.74 Å². The molecule has 2 aromatic carbocycles. The first-order valence-electron chi connectivity index (χ1n) is 7.34. The largest absolute Gasteiger partial charge is 0.465 e. The number of ether oxygens (including phenoxy) is 1. The molecule has 21 heavy (non-hydrogen) atoms. The summed E-state index contributed by atoms with van der Waals surface area (Å²) in [5, 5.41) is 3.34. The van der Waals surface area contributed by atoms with Crippen LogP contribution in [-0.2, 0) is 16.0 Å². The Morgan fingerprint density at radius 1 is 1.10 bits per heavy atom. The summed E-state index contributed by atoms with van der Waals surface area (Å²) in [6.07, 6.45) is 0.948. The van der Waals surface area contributed by atoms with Gasteiger partial charge in [0, 0.05) is 0 Å². The second-order valence-corrected chi connectivity index (χ2v) is 5.19. The fourth-order valence-electron chi connectivity index (χ4n) is 2.94. The summed E-state index contributed by atoms with van der Waals surface area (Å²) in [6.45, 7) is 2.46. The number of hydrogen-bond donors (Lipinski definition) is 1. The summed E-state index contributed by atoms with van der Waals surface area (Å²) in [5.41, 5.74) is 5.14. The summed E-state index contributed by atoms with van der Waals surface area (Å²) >= 11 is 0. The Kier molecular flexibility index (Phi) is 4.02. The molecule has 0 aliphatic heterocycles. The van der Waals surface area contributed by atoms with Crippen LogP contribution in [0.3, 0.4) is 0 Å². The zero-order valence-corrected chi connectivity index (χ0v) is 12.1. The van der Waals surface area contributed by atoms with Crippen molar-refractivity contribution >= 4 is 5.97 Å². The fourth-order valence-corrected chi connectivity index (χ4v) is 2.94. The highest BCUT2D eigenvalue weighted by atomic mass is 16.5. The predicted octanol–water partition coefficient (Wildman–Crippen LogP) is 2.83. The van der Waals surface area contributed by atoms with E-state index in [2.05, 4.69) is 41.7 Å². The van der Waals surface area contributed by atoms with Crippen LogP contribution >= 0.6 is 0 Å². The molecule has 0 unspecified atom stereocenters. The third-order valence-electron chi connectivity index (χ3n) is 3.87. The van der Waals surface area contributed by atoms with Crippen molar-refractivity contribution in [3.05, 3.63) is 70.8 Å². The number of esters is 1. The van der Waals surface area contributed by atoms with Gasteiger partial charge in [0.1, 0.15) is 0 Å². The van der Waals surface area contributed by atoms with Gasteiger partial charge in [0.15, 0.2) is 0 Å². The zero-order chi connectivity index (χ0) is 14.7. The average molecular weight is 281 g/mol. The third-order valence-corrected chi connectivity index (χ3v) is 3.87. The van der Waals surface area contributed by atoms with Gasteiger partial charge in [0.2, 0.25) is 0 Å². The van der Waals surface area contributed by atoms with Gasteiger partial charge in [-0.3, -0.25) is 10.1 Å². The number of fused-ring (bicyclic) bond motifs is 2. The lowest BCUT2D eigenvalue weighted by molar-refractivity contribution is -0.142. The van der Waals surface area contributed by atoms with Crippen molar-refractivity contribution < 1.29 is 9.53 Å². The van der Waals surface area contributed by atoms with E-state index in [1.165, 1.54) is 22.3 Å². The Bertz CT molecular complexity index is 606. The quantitative estimate of drug-likeness (QED) is 0.876. The van der Waals surface area contributed by atoms with Crippen LogP contribution in [0.4, 0.5) is 0 Å². The maximum absolute atomic E-state index is 11.6. The molecule has 0 amide bonds. The van der Waals surface area contributed by atoms with E-state index >= 15 is 0 Å². The molecule has 0 fully saturated rings. The summed E-state index contributed by atoms with van der Waals surface area (Å²) in [5.74, 6) is -0.210. The molecule has 1 N–H and O–H groups in total. The molecular formula is C18H19NO2. The minimum atomic E-state index is -0.210. The van der Waals surface area contributed by atoms with Gasteiger partial charge in [-0.2, -0.15) is 0 Å². The van der Waals surface area contributed by atoms with Gasteiger partial charge in [0.05, 0.1) is 19.2 Å². The molecule has 0 saturated carbocycles. The SMILES string of the molecule is CCOC(=O)CNC1c2ccccc2Cc2ccccc21. The minimum Gasteiger partial charge on any atom is -0.465 e. The van der Waals surface area contributed by atoms with E-state index in [9.17, 15) is 4.79 Å². The lowest BCUT2D eigenvalue weighted by Gasteiger charge is -2.29. The van der Waals surface area contributed by atoms with Crippen molar-refractivity contribution in [3.8, 4) is 0 Å². The highest BCUT2D eigenvalue weighted by molar-refractivity contribution is 5.71. The van der Waals surface area contributed by atoms with Crippen molar-refractivity contribution in [3.63, 3.8) is 0 Å². The van der Waals surface area contributed by atoms with Gasteiger partial charge >= 0.3 is 5.97 Å². The van der Waals surface area contributed by atoms with Gasteiger partial charge < -0.3 is 4.74 Å². The molecular weight excluding hydrogens is 262 g/mol. The summed E-state index contributed by atoms with van der Waals surface area (Å²) in [6, 6.07) is 16.9. The zero-order valence-electron chi connectivity index (χ0n) is 12.1. The molecule has 3 heteroatoms. The number of benzene rings is 2. The summed E-state index contributed by atoms with van der Waals surface area (Å²) in [4.78, 5) is 11.6. The van der Waals surface area contributed by atoms with Crippen molar-refractivity contribution in [1.29, 1.82) is 0 Å². The Morgan fingerprint density at radius 2 is 1.67 bits per heavy atom. The molecule has 0 atom stereocenters. The Labute approximate surface area is 124 Å². The molecule has 3 rings (SSSR count). The van der Waals surface area contributed by atoms with E-state index in [-0.39, 0.29) is 18.6 Å². The van der Waals surface area contributed by atoms with Crippen LogP contribution in [0.5, 0.6) is 0 Å². The Balaban J connectivity index is 1.89. The molecule has 1 aliphatic rings. The minimum absolute atomic E-state index is 0.0514. The number of carbonyl (C=O) groups is 1. The van der Waals surface area contributed by atoms with Crippen molar-refractivity contribution in [2.45, 2.75) is 19.4 Å². The lowest BCUT2D eigenvalue weighted by atomic mass is 9.82. The first-order chi connectivity index (χ1) is 10.3. The van der Waals surface area contributed by atoms with Crippen LogP contribution in [0.25, 0.3) is 0 Å². The van der Waals surface area contributed by atoms with Crippen LogP contribution in [0.2, 0.25) is 0 Å². The van der Waals surface area contributed by atoms with E-state index in [0.717, 1.165) is 6.42 Å². The number of hydrogen-bond acceptors (Lipinski definition) is 3.